The molecule has 0 aliphatic heterocycles. The second-order valence-corrected chi connectivity index (χ2v) is 8.56. The Balaban J connectivity index is 1.48. The predicted octanol–water partition coefficient (Wildman–Crippen LogP) is 5.37. The van der Waals surface area contributed by atoms with E-state index in [9.17, 15) is 14.7 Å². The molecule has 0 saturated carbocycles. The summed E-state index contributed by atoms with van der Waals surface area (Å²) in [5, 5.41) is 19.1. The summed E-state index contributed by atoms with van der Waals surface area (Å²) < 4.78 is 0. The van der Waals surface area contributed by atoms with Crippen LogP contribution in [-0.2, 0) is 10.4 Å². The first-order valence-electron chi connectivity index (χ1n) is 11.2. The van der Waals surface area contributed by atoms with Gasteiger partial charge in [0.25, 0.3) is 11.8 Å². The van der Waals surface area contributed by atoms with Crippen LogP contribution in [0.5, 0.6) is 0 Å². The lowest BCUT2D eigenvalue weighted by molar-refractivity contribution is -0.136. The summed E-state index contributed by atoms with van der Waals surface area (Å²) in [6.07, 6.45) is 0. The summed E-state index contributed by atoms with van der Waals surface area (Å²) in [5.74, 6) is -0.927. The third-order valence-electron chi connectivity index (χ3n) is 5.70. The van der Waals surface area contributed by atoms with E-state index >= 15 is 0 Å². The van der Waals surface area contributed by atoms with E-state index in [2.05, 4.69) is 15.8 Å². The molecule has 4 aromatic rings. The minimum Gasteiger partial charge on any atom is -0.372 e. The van der Waals surface area contributed by atoms with Gasteiger partial charge in [-0.2, -0.15) is 5.10 Å². The third-order valence-corrected chi connectivity index (χ3v) is 5.96. The maximum Gasteiger partial charge on any atom is 0.281 e. The SMILES string of the molecule is CC(=NNC(=O)C(O)(c1ccccc1)c1ccccc1)c1ccc(NC(=O)c2ccc(Cl)cc2)cc1. The van der Waals surface area contributed by atoms with Gasteiger partial charge in [0.15, 0.2) is 5.60 Å². The third kappa shape index (κ3) is 5.51. The Kier molecular flexibility index (Phi) is 7.59. The number of hydrogen-bond donors (Lipinski definition) is 3. The zero-order chi connectivity index (χ0) is 25.5. The van der Waals surface area contributed by atoms with Gasteiger partial charge in [0, 0.05) is 16.3 Å². The summed E-state index contributed by atoms with van der Waals surface area (Å²) in [6, 6.07) is 31.1. The molecule has 4 rings (SSSR count). The highest BCUT2D eigenvalue weighted by Crippen LogP contribution is 2.30. The van der Waals surface area contributed by atoms with Gasteiger partial charge in [0.2, 0.25) is 0 Å². The van der Waals surface area contributed by atoms with Crippen molar-refractivity contribution in [2.24, 2.45) is 5.10 Å². The topological polar surface area (TPSA) is 90.8 Å². The van der Waals surface area contributed by atoms with Crippen molar-refractivity contribution in [2.45, 2.75) is 12.5 Å². The number of carbonyl (C=O) groups is 2. The van der Waals surface area contributed by atoms with Crippen LogP contribution in [0.4, 0.5) is 5.69 Å². The minimum atomic E-state index is -1.91. The van der Waals surface area contributed by atoms with Crippen molar-refractivity contribution in [2.75, 3.05) is 5.32 Å². The van der Waals surface area contributed by atoms with Crippen LogP contribution in [0.3, 0.4) is 0 Å². The first-order chi connectivity index (χ1) is 17.4. The molecule has 0 atom stereocenters. The number of amides is 2. The molecule has 0 fully saturated rings. The van der Waals surface area contributed by atoms with Crippen molar-refractivity contribution in [3.05, 3.63) is 136 Å². The predicted molar refractivity (Wildman–Crippen MR) is 142 cm³/mol. The molecule has 4 aromatic carbocycles. The Morgan fingerprint density at radius 3 is 1.78 bits per heavy atom. The van der Waals surface area contributed by atoms with Crippen molar-refractivity contribution in [1.82, 2.24) is 5.43 Å². The number of nitrogens with one attached hydrogen (secondary N) is 2. The molecule has 0 aliphatic carbocycles. The van der Waals surface area contributed by atoms with Crippen LogP contribution < -0.4 is 10.7 Å². The van der Waals surface area contributed by atoms with E-state index in [1.165, 1.54) is 0 Å². The van der Waals surface area contributed by atoms with Gasteiger partial charge in [0.05, 0.1) is 5.71 Å². The van der Waals surface area contributed by atoms with E-state index in [4.69, 9.17) is 11.6 Å². The second-order valence-electron chi connectivity index (χ2n) is 8.12. The van der Waals surface area contributed by atoms with Gasteiger partial charge in [-0.25, -0.2) is 5.43 Å². The number of rotatable bonds is 7. The normalized spacial score (nSPS) is 11.6. The molecule has 2 amide bonds. The standard InChI is InChI=1S/C29H24ClN3O3/c1-20(21-14-18-26(19-15-21)31-27(34)22-12-16-25(30)17-13-22)32-33-28(35)29(36,23-8-4-2-5-9-23)24-10-6-3-7-11-24/h2-19,36H,1H3,(H,31,34)(H,33,35). The van der Waals surface area contributed by atoms with Crippen molar-refractivity contribution in [3.63, 3.8) is 0 Å². The van der Waals surface area contributed by atoms with Crippen LogP contribution in [0.1, 0.15) is 34.0 Å². The lowest BCUT2D eigenvalue weighted by atomic mass is 9.85. The monoisotopic (exact) mass is 497 g/mol. The molecule has 0 aliphatic rings. The smallest absolute Gasteiger partial charge is 0.281 e. The Morgan fingerprint density at radius 1 is 0.750 bits per heavy atom. The van der Waals surface area contributed by atoms with Crippen molar-refractivity contribution in [3.8, 4) is 0 Å². The zero-order valence-electron chi connectivity index (χ0n) is 19.5. The quantitative estimate of drug-likeness (QED) is 0.237. The van der Waals surface area contributed by atoms with E-state index in [1.807, 2.05) is 12.1 Å². The summed E-state index contributed by atoms with van der Waals surface area (Å²) in [5.41, 5.74) is 3.83. The summed E-state index contributed by atoms with van der Waals surface area (Å²) in [7, 11) is 0. The van der Waals surface area contributed by atoms with Crippen LogP contribution in [0.15, 0.2) is 114 Å². The molecule has 180 valence electrons. The van der Waals surface area contributed by atoms with Gasteiger partial charge in [-0.3, -0.25) is 9.59 Å². The van der Waals surface area contributed by atoms with Gasteiger partial charge < -0.3 is 10.4 Å². The number of hydrazone groups is 1. The number of aliphatic hydroxyl groups is 1. The lowest BCUT2D eigenvalue weighted by Crippen LogP contribution is -2.43. The molecule has 3 N–H and O–H groups in total. The van der Waals surface area contributed by atoms with E-state index in [0.717, 1.165) is 5.56 Å². The second kappa shape index (κ2) is 11.0. The molecular weight excluding hydrogens is 474 g/mol. The molecule has 0 heterocycles. The Morgan fingerprint density at radius 2 is 1.25 bits per heavy atom. The molecule has 0 bridgehead atoms. The van der Waals surface area contributed by atoms with Gasteiger partial charge in [0.1, 0.15) is 0 Å². The Hall–Kier alpha value is -4.26. The molecule has 0 aromatic heterocycles. The van der Waals surface area contributed by atoms with E-state index in [1.54, 1.807) is 104 Å². The van der Waals surface area contributed by atoms with Gasteiger partial charge >= 0.3 is 0 Å². The highest BCUT2D eigenvalue weighted by atomic mass is 35.5. The number of halogens is 1. The molecule has 0 radical (unpaired) electrons. The molecular formula is C29H24ClN3O3. The Labute approximate surface area is 214 Å². The summed E-state index contributed by atoms with van der Waals surface area (Å²) in [4.78, 5) is 25.6. The zero-order valence-corrected chi connectivity index (χ0v) is 20.2. The van der Waals surface area contributed by atoms with E-state index in [-0.39, 0.29) is 5.91 Å². The van der Waals surface area contributed by atoms with Gasteiger partial charge in [-0.1, -0.05) is 84.4 Å². The maximum absolute atomic E-state index is 13.2. The molecule has 0 unspecified atom stereocenters. The average Bonchev–Trinajstić information content (AvgIpc) is 2.92. The van der Waals surface area contributed by atoms with Crippen LogP contribution >= 0.6 is 11.6 Å². The first kappa shape index (κ1) is 24.9. The maximum atomic E-state index is 13.2. The van der Waals surface area contributed by atoms with Crippen LogP contribution in [0.25, 0.3) is 0 Å². The molecule has 0 spiro atoms. The largest absolute Gasteiger partial charge is 0.372 e. The lowest BCUT2D eigenvalue weighted by Gasteiger charge is -2.27. The molecule has 7 heteroatoms. The first-order valence-corrected chi connectivity index (χ1v) is 11.6. The van der Waals surface area contributed by atoms with Crippen LogP contribution in [0, 0.1) is 0 Å². The summed E-state index contributed by atoms with van der Waals surface area (Å²) in [6.45, 7) is 1.74. The fourth-order valence-corrected chi connectivity index (χ4v) is 3.79. The van der Waals surface area contributed by atoms with E-state index in [0.29, 0.717) is 33.1 Å². The highest BCUT2D eigenvalue weighted by molar-refractivity contribution is 6.30. The fourth-order valence-electron chi connectivity index (χ4n) is 3.67. The summed E-state index contributed by atoms with van der Waals surface area (Å²) >= 11 is 5.87. The van der Waals surface area contributed by atoms with Crippen LogP contribution in [0.2, 0.25) is 5.02 Å². The Bertz CT molecular complexity index is 1330. The number of carbonyl (C=O) groups excluding carboxylic acids is 2. The van der Waals surface area contributed by atoms with Gasteiger partial charge in [-0.15, -0.1) is 0 Å². The molecule has 6 nitrogen and oxygen atoms in total. The molecule has 36 heavy (non-hydrogen) atoms. The van der Waals surface area contributed by atoms with Crippen molar-refractivity contribution >= 4 is 34.8 Å². The van der Waals surface area contributed by atoms with Crippen molar-refractivity contribution in [1.29, 1.82) is 0 Å². The minimum absolute atomic E-state index is 0.252. The van der Waals surface area contributed by atoms with E-state index < -0.39 is 11.5 Å². The molecule has 0 saturated heterocycles. The number of nitrogens with zero attached hydrogens (tertiary/aromatic N) is 1. The average molecular weight is 498 g/mol. The number of anilines is 1. The van der Waals surface area contributed by atoms with Crippen molar-refractivity contribution < 1.29 is 14.7 Å². The van der Waals surface area contributed by atoms with Gasteiger partial charge in [-0.05, 0) is 60.0 Å². The number of benzene rings is 4. The van der Waals surface area contributed by atoms with Crippen LogP contribution in [-0.4, -0.2) is 22.6 Å². The number of hydrogen-bond acceptors (Lipinski definition) is 4. The fraction of sp³-hybridized carbons (Fsp3) is 0.0690. The highest BCUT2D eigenvalue weighted by Gasteiger charge is 2.39.